The molecule has 10 nitrogen and oxygen atoms in total. The number of aromatic nitrogens is 2. The molecule has 1 heterocycles. The highest BCUT2D eigenvalue weighted by Gasteiger charge is 2.41. The van der Waals surface area contributed by atoms with Gasteiger partial charge in [0.15, 0.2) is 0 Å². The van der Waals surface area contributed by atoms with E-state index in [2.05, 4.69) is 9.97 Å². The molecule has 0 aliphatic heterocycles. The Bertz CT molecular complexity index is 1150. The second kappa shape index (κ2) is 11.9. The normalized spacial score (nSPS) is 11.3. The van der Waals surface area contributed by atoms with Crippen LogP contribution in [0.25, 0.3) is 0 Å². The number of nitrogens with zero attached hydrogens (tertiary/aromatic N) is 3. The number of rotatable bonds is 12. The van der Waals surface area contributed by atoms with Gasteiger partial charge in [-0.25, -0.2) is 13.8 Å². The van der Waals surface area contributed by atoms with Gasteiger partial charge in [-0.1, -0.05) is 0 Å². The lowest BCUT2D eigenvalue weighted by Gasteiger charge is -2.27. The van der Waals surface area contributed by atoms with E-state index in [0.717, 1.165) is 17.3 Å². The van der Waals surface area contributed by atoms with Crippen molar-refractivity contribution in [1.29, 1.82) is 0 Å². The molecule has 200 valence electrons. The molecule has 0 aliphatic carbocycles. The number of hydrogen-bond acceptors (Lipinski definition) is 10. The van der Waals surface area contributed by atoms with Gasteiger partial charge in [-0.2, -0.15) is 4.98 Å². The predicted molar refractivity (Wildman–Crippen MR) is 130 cm³/mol. The minimum Gasteiger partial charge on any atom is -0.497 e. The van der Waals surface area contributed by atoms with Gasteiger partial charge in [0.2, 0.25) is 11.8 Å². The highest BCUT2D eigenvalue weighted by molar-refractivity contribution is 5.48. The van der Waals surface area contributed by atoms with Crippen LogP contribution in [0.4, 0.5) is 14.7 Å². The Kier molecular flexibility index (Phi) is 8.90. The van der Waals surface area contributed by atoms with Gasteiger partial charge < -0.3 is 38.8 Å². The highest BCUT2D eigenvalue weighted by Crippen LogP contribution is 2.34. The van der Waals surface area contributed by atoms with Gasteiger partial charge in [0.1, 0.15) is 23.0 Å². The molecule has 0 spiro atoms. The molecule has 2 aromatic carbocycles. The Morgan fingerprint density at radius 2 is 1.32 bits per heavy atom. The van der Waals surface area contributed by atoms with E-state index in [1.807, 2.05) is 12.1 Å². The smallest absolute Gasteiger partial charge is 0.296 e. The molecule has 2 N–H and O–H groups in total. The molecule has 0 bridgehead atoms. The van der Waals surface area contributed by atoms with Crippen LogP contribution in [-0.2, 0) is 18.9 Å². The molecule has 0 saturated heterocycles. The van der Waals surface area contributed by atoms with E-state index in [9.17, 15) is 19.0 Å². The van der Waals surface area contributed by atoms with Gasteiger partial charge in [0, 0.05) is 42.5 Å². The average molecular weight is 522 g/mol. The summed E-state index contributed by atoms with van der Waals surface area (Å²) in [5, 5.41) is 19.8. The van der Waals surface area contributed by atoms with Gasteiger partial charge in [0.05, 0.1) is 41.1 Å². The summed E-state index contributed by atoms with van der Waals surface area (Å²) in [6.07, 6.45) is -2.62. The third-order valence-corrected chi connectivity index (χ3v) is 5.63. The fourth-order valence-electron chi connectivity index (χ4n) is 3.61. The Labute approximate surface area is 213 Å². The summed E-state index contributed by atoms with van der Waals surface area (Å²) < 4.78 is 53.2. The van der Waals surface area contributed by atoms with Crippen LogP contribution < -0.4 is 28.6 Å². The third kappa shape index (κ3) is 6.09. The Hall–Kier alpha value is -3.90. The number of alkyl halides is 2. The maximum Gasteiger partial charge on any atom is 0.296 e. The first kappa shape index (κ1) is 27.7. The van der Waals surface area contributed by atoms with Crippen molar-refractivity contribution in [3.8, 4) is 28.9 Å². The SMILES string of the molecule is COc1ccc(CN(Cc2ccc(OC)cc2OC)c2ncc(C(O)(O)C(F)F)c(OC)n2)c(OC)c1. The third-order valence-electron chi connectivity index (χ3n) is 5.63. The number of anilines is 1. The molecule has 0 atom stereocenters. The van der Waals surface area contributed by atoms with Gasteiger partial charge in [-0.05, 0) is 24.3 Å². The Morgan fingerprint density at radius 1 is 0.811 bits per heavy atom. The minimum atomic E-state index is -3.51. The van der Waals surface area contributed by atoms with Crippen LogP contribution in [0.3, 0.4) is 0 Å². The maximum absolute atomic E-state index is 13.3. The van der Waals surface area contributed by atoms with Crippen LogP contribution in [0.5, 0.6) is 28.9 Å². The predicted octanol–water partition coefficient (Wildman–Crippen LogP) is 3.13. The fourth-order valence-corrected chi connectivity index (χ4v) is 3.61. The van der Waals surface area contributed by atoms with Gasteiger partial charge in [-0.3, -0.25) is 0 Å². The summed E-state index contributed by atoms with van der Waals surface area (Å²) in [6.45, 7) is 0.423. The molecule has 0 aliphatic rings. The van der Waals surface area contributed by atoms with Crippen molar-refractivity contribution in [2.24, 2.45) is 0 Å². The van der Waals surface area contributed by atoms with Crippen molar-refractivity contribution in [2.45, 2.75) is 25.3 Å². The zero-order valence-corrected chi connectivity index (χ0v) is 21.1. The first-order valence-corrected chi connectivity index (χ1v) is 11.0. The fraction of sp³-hybridized carbons (Fsp3) is 0.360. The van der Waals surface area contributed by atoms with E-state index < -0.39 is 23.7 Å². The number of halogens is 2. The van der Waals surface area contributed by atoms with Crippen LogP contribution >= 0.6 is 0 Å². The van der Waals surface area contributed by atoms with Crippen molar-refractivity contribution >= 4 is 5.95 Å². The monoisotopic (exact) mass is 521 g/mol. The topological polar surface area (TPSA) is 116 Å². The number of aliphatic hydroxyl groups is 2. The summed E-state index contributed by atoms with van der Waals surface area (Å²) >= 11 is 0. The molecule has 37 heavy (non-hydrogen) atoms. The van der Waals surface area contributed by atoms with Crippen molar-refractivity contribution in [3.05, 3.63) is 59.3 Å². The zero-order chi connectivity index (χ0) is 27.2. The van der Waals surface area contributed by atoms with Crippen LogP contribution in [0.15, 0.2) is 42.6 Å². The molecule has 0 saturated carbocycles. The number of benzene rings is 2. The van der Waals surface area contributed by atoms with E-state index in [-0.39, 0.29) is 19.0 Å². The second-order valence-corrected chi connectivity index (χ2v) is 7.83. The minimum absolute atomic E-state index is 0.0707. The first-order chi connectivity index (χ1) is 17.7. The average Bonchev–Trinajstić information content (AvgIpc) is 2.92. The van der Waals surface area contributed by atoms with E-state index in [1.54, 1.807) is 43.4 Å². The molecular weight excluding hydrogens is 492 g/mol. The van der Waals surface area contributed by atoms with Crippen molar-refractivity contribution in [3.63, 3.8) is 0 Å². The largest absolute Gasteiger partial charge is 0.497 e. The number of methoxy groups -OCH3 is 5. The molecule has 0 radical (unpaired) electrons. The molecule has 1 aromatic heterocycles. The lowest BCUT2D eigenvalue weighted by Crippen LogP contribution is -2.35. The van der Waals surface area contributed by atoms with Crippen LogP contribution in [0.1, 0.15) is 16.7 Å². The Balaban J connectivity index is 2.10. The molecule has 12 heteroatoms. The quantitative estimate of drug-likeness (QED) is 0.345. The lowest BCUT2D eigenvalue weighted by molar-refractivity contribution is -0.249. The molecule has 0 amide bonds. The second-order valence-electron chi connectivity index (χ2n) is 7.83. The lowest BCUT2D eigenvalue weighted by atomic mass is 10.1. The van der Waals surface area contributed by atoms with Crippen LogP contribution in [0, 0.1) is 0 Å². The summed E-state index contributed by atoms with van der Waals surface area (Å²) in [5.41, 5.74) is 0.820. The molecule has 0 unspecified atom stereocenters. The summed E-state index contributed by atoms with van der Waals surface area (Å²) in [7, 11) is 7.31. The standard InChI is InChI=1S/C25H29F2N3O7/c1-33-17-8-6-15(20(10-17)35-3)13-30(14-16-7-9-18(34-2)11-21(16)36-4)24-28-12-19(22(29-24)37-5)25(31,32)23(26)27/h6-12,23,31-32H,13-14H2,1-5H3. The molecule has 3 rings (SSSR count). The molecule has 0 fully saturated rings. The summed E-state index contributed by atoms with van der Waals surface area (Å²) in [5.74, 6) is -1.56. The number of hydrogen-bond donors (Lipinski definition) is 2. The first-order valence-electron chi connectivity index (χ1n) is 11.0. The van der Waals surface area contributed by atoms with Crippen molar-refractivity contribution < 1.29 is 42.7 Å². The Morgan fingerprint density at radius 3 is 1.73 bits per heavy atom. The van der Waals surface area contributed by atoms with Crippen molar-refractivity contribution in [2.75, 3.05) is 40.4 Å². The highest BCUT2D eigenvalue weighted by atomic mass is 19.3. The van der Waals surface area contributed by atoms with Gasteiger partial charge in [0.25, 0.3) is 12.2 Å². The van der Waals surface area contributed by atoms with E-state index in [0.29, 0.717) is 23.0 Å². The summed E-state index contributed by atoms with van der Waals surface area (Å²) in [4.78, 5) is 10.1. The van der Waals surface area contributed by atoms with E-state index in [1.165, 1.54) is 21.3 Å². The van der Waals surface area contributed by atoms with E-state index in [4.69, 9.17) is 23.7 Å². The number of ether oxygens (including phenoxy) is 5. The molecule has 3 aromatic rings. The van der Waals surface area contributed by atoms with Crippen molar-refractivity contribution in [1.82, 2.24) is 9.97 Å². The van der Waals surface area contributed by atoms with Crippen LogP contribution in [0.2, 0.25) is 0 Å². The van der Waals surface area contributed by atoms with Crippen LogP contribution in [-0.4, -0.2) is 62.2 Å². The maximum atomic E-state index is 13.3. The zero-order valence-electron chi connectivity index (χ0n) is 21.1. The molecular formula is C25H29F2N3O7. The van der Waals surface area contributed by atoms with E-state index >= 15 is 0 Å². The van der Waals surface area contributed by atoms with Gasteiger partial charge >= 0.3 is 0 Å². The van der Waals surface area contributed by atoms with Gasteiger partial charge in [-0.15, -0.1) is 0 Å². The summed E-state index contributed by atoms with van der Waals surface area (Å²) in [6, 6.07) is 10.6.